The molecule has 0 aliphatic rings. The standard InChI is InChI=1S/C4H8N2O5/c5-4(8)10-2-9-1-3(7)11-6/h1-2,6H2,(H2,5,8). The van der Waals surface area contributed by atoms with Gasteiger partial charge in [0.2, 0.25) is 0 Å². The first-order valence-electron chi connectivity index (χ1n) is 2.56. The summed E-state index contributed by atoms with van der Waals surface area (Å²) in [6.45, 7) is -0.784. The van der Waals surface area contributed by atoms with Gasteiger partial charge in [-0.05, 0) is 0 Å². The highest BCUT2D eigenvalue weighted by Gasteiger charge is 2.00. The maximum Gasteiger partial charge on any atom is 0.406 e. The monoisotopic (exact) mass is 164 g/mol. The van der Waals surface area contributed by atoms with E-state index in [2.05, 4.69) is 25.9 Å². The molecule has 0 spiro atoms. The van der Waals surface area contributed by atoms with E-state index >= 15 is 0 Å². The fourth-order valence-electron chi connectivity index (χ4n) is 0.259. The zero-order valence-corrected chi connectivity index (χ0v) is 5.61. The van der Waals surface area contributed by atoms with Crippen LogP contribution in [0.25, 0.3) is 0 Å². The van der Waals surface area contributed by atoms with Crippen LogP contribution in [0.3, 0.4) is 0 Å². The first-order chi connectivity index (χ1) is 5.16. The van der Waals surface area contributed by atoms with Crippen LogP contribution in [0, 0.1) is 0 Å². The topological polar surface area (TPSA) is 114 Å². The second kappa shape index (κ2) is 5.45. The van der Waals surface area contributed by atoms with Crippen LogP contribution in [0.15, 0.2) is 0 Å². The van der Waals surface area contributed by atoms with Crippen LogP contribution in [0.4, 0.5) is 4.79 Å². The first-order valence-corrected chi connectivity index (χ1v) is 2.56. The van der Waals surface area contributed by atoms with E-state index in [0.717, 1.165) is 0 Å². The average Bonchev–Trinajstić information content (AvgIpc) is 1.97. The number of amides is 1. The summed E-state index contributed by atoms with van der Waals surface area (Å²) in [5, 5.41) is 0. The van der Waals surface area contributed by atoms with Gasteiger partial charge in [0, 0.05) is 0 Å². The number of carbonyl (C=O) groups is 2. The van der Waals surface area contributed by atoms with Gasteiger partial charge in [-0.15, -0.1) is 0 Å². The Balaban J connectivity index is 3.14. The predicted molar refractivity (Wildman–Crippen MR) is 31.8 cm³/mol. The molecule has 7 heteroatoms. The molecule has 0 radical (unpaired) electrons. The molecule has 1 amide bonds. The first kappa shape index (κ1) is 9.66. The molecular formula is C4H8N2O5. The van der Waals surface area contributed by atoms with Crippen LogP contribution in [0.1, 0.15) is 0 Å². The van der Waals surface area contributed by atoms with Gasteiger partial charge >= 0.3 is 12.1 Å². The summed E-state index contributed by atoms with van der Waals surface area (Å²) in [7, 11) is 0. The van der Waals surface area contributed by atoms with Crippen LogP contribution in [-0.2, 0) is 19.1 Å². The Morgan fingerprint density at radius 3 is 2.45 bits per heavy atom. The lowest BCUT2D eigenvalue weighted by Crippen LogP contribution is -2.20. The summed E-state index contributed by atoms with van der Waals surface area (Å²) in [5.74, 6) is 3.69. The van der Waals surface area contributed by atoms with E-state index in [1.807, 2.05) is 0 Å². The summed E-state index contributed by atoms with van der Waals surface area (Å²) in [6.07, 6.45) is -0.980. The highest BCUT2D eigenvalue weighted by Crippen LogP contribution is 1.79. The molecule has 0 rings (SSSR count). The second-order valence-corrected chi connectivity index (χ2v) is 1.42. The Morgan fingerprint density at radius 1 is 1.36 bits per heavy atom. The third-order valence-electron chi connectivity index (χ3n) is 0.636. The zero-order chi connectivity index (χ0) is 8.69. The Bertz CT molecular complexity index is 147. The van der Waals surface area contributed by atoms with E-state index in [0.29, 0.717) is 0 Å². The van der Waals surface area contributed by atoms with Gasteiger partial charge in [0.1, 0.15) is 6.61 Å². The van der Waals surface area contributed by atoms with Gasteiger partial charge in [-0.1, -0.05) is 0 Å². The molecule has 64 valence electrons. The molecule has 0 aromatic rings. The third kappa shape index (κ3) is 6.55. The molecular weight excluding hydrogens is 156 g/mol. The summed E-state index contributed by atoms with van der Waals surface area (Å²) in [5.41, 5.74) is 4.56. The summed E-state index contributed by atoms with van der Waals surface area (Å²) >= 11 is 0. The van der Waals surface area contributed by atoms with Gasteiger partial charge in [-0.3, -0.25) is 0 Å². The summed E-state index contributed by atoms with van der Waals surface area (Å²) in [4.78, 5) is 23.8. The van der Waals surface area contributed by atoms with E-state index in [9.17, 15) is 9.59 Å². The molecule has 0 saturated carbocycles. The lowest BCUT2D eigenvalue weighted by Gasteiger charge is -2.00. The minimum atomic E-state index is -0.980. The third-order valence-corrected chi connectivity index (χ3v) is 0.636. The van der Waals surface area contributed by atoms with Crippen molar-refractivity contribution < 1.29 is 23.9 Å². The van der Waals surface area contributed by atoms with Crippen molar-refractivity contribution in [3.05, 3.63) is 0 Å². The lowest BCUT2D eigenvalue weighted by atomic mass is 10.7. The number of hydrogen-bond acceptors (Lipinski definition) is 6. The van der Waals surface area contributed by atoms with E-state index in [-0.39, 0.29) is 6.61 Å². The molecule has 0 aromatic heterocycles. The van der Waals surface area contributed by atoms with Crippen LogP contribution >= 0.6 is 0 Å². The molecule has 0 fully saturated rings. The van der Waals surface area contributed by atoms with Crippen molar-refractivity contribution in [3.63, 3.8) is 0 Å². The minimum absolute atomic E-state index is 0.385. The van der Waals surface area contributed by atoms with Crippen LogP contribution in [0.2, 0.25) is 0 Å². The second-order valence-electron chi connectivity index (χ2n) is 1.42. The van der Waals surface area contributed by atoms with E-state index < -0.39 is 18.9 Å². The Morgan fingerprint density at radius 2 is 2.00 bits per heavy atom. The number of carbonyl (C=O) groups excluding carboxylic acids is 2. The van der Waals surface area contributed by atoms with Crippen molar-refractivity contribution in [2.24, 2.45) is 11.6 Å². The van der Waals surface area contributed by atoms with Gasteiger partial charge in [0.25, 0.3) is 0 Å². The molecule has 0 heterocycles. The van der Waals surface area contributed by atoms with Gasteiger partial charge in [-0.2, -0.15) is 5.90 Å². The summed E-state index contributed by atoms with van der Waals surface area (Å²) < 4.78 is 8.52. The molecule has 0 aliphatic heterocycles. The Labute approximate surface area is 62.1 Å². The molecule has 0 unspecified atom stereocenters. The molecule has 0 atom stereocenters. The molecule has 7 nitrogen and oxygen atoms in total. The van der Waals surface area contributed by atoms with E-state index in [1.54, 1.807) is 0 Å². The van der Waals surface area contributed by atoms with Crippen molar-refractivity contribution in [1.29, 1.82) is 0 Å². The zero-order valence-electron chi connectivity index (χ0n) is 5.61. The smallest absolute Gasteiger partial charge is 0.406 e. The number of ether oxygens (including phenoxy) is 2. The lowest BCUT2D eigenvalue weighted by molar-refractivity contribution is -0.152. The highest BCUT2D eigenvalue weighted by molar-refractivity contribution is 5.70. The van der Waals surface area contributed by atoms with Crippen molar-refractivity contribution in [3.8, 4) is 0 Å². The van der Waals surface area contributed by atoms with Gasteiger partial charge in [0.15, 0.2) is 6.79 Å². The number of rotatable bonds is 4. The van der Waals surface area contributed by atoms with E-state index in [1.165, 1.54) is 0 Å². The van der Waals surface area contributed by atoms with Gasteiger partial charge in [0.05, 0.1) is 0 Å². The van der Waals surface area contributed by atoms with Gasteiger partial charge < -0.3 is 20.0 Å². The largest absolute Gasteiger partial charge is 0.422 e. The quantitative estimate of drug-likeness (QED) is 0.296. The molecule has 0 aromatic carbocycles. The van der Waals surface area contributed by atoms with Gasteiger partial charge in [-0.25, -0.2) is 9.59 Å². The minimum Gasteiger partial charge on any atom is -0.422 e. The van der Waals surface area contributed by atoms with Crippen LogP contribution < -0.4 is 11.6 Å². The fourth-order valence-corrected chi connectivity index (χ4v) is 0.259. The van der Waals surface area contributed by atoms with Crippen LogP contribution in [-0.4, -0.2) is 25.5 Å². The maximum atomic E-state index is 10.2. The number of primary amides is 1. The Kier molecular flexibility index (Phi) is 4.78. The molecule has 0 aliphatic carbocycles. The molecule has 11 heavy (non-hydrogen) atoms. The van der Waals surface area contributed by atoms with Crippen molar-refractivity contribution >= 4 is 12.1 Å². The van der Waals surface area contributed by atoms with Crippen LogP contribution in [0.5, 0.6) is 0 Å². The maximum absolute atomic E-state index is 10.2. The van der Waals surface area contributed by atoms with Crippen molar-refractivity contribution in [1.82, 2.24) is 0 Å². The number of nitrogens with two attached hydrogens (primary N) is 2. The molecule has 4 N–H and O–H groups in total. The molecule has 0 saturated heterocycles. The Hall–Kier alpha value is -1.34. The van der Waals surface area contributed by atoms with Crippen molar-refractivity contribution in [2.75, 3.05) is 13.4 Å². The molecule has 0 bridgehead atoms. The average molecular weight is 164 g/mol. The SMILES string of the molecule is NOC(=O)COCOC(N)=O. The summed E-state index contributed by atoms with van der Waals surface area (Å²) in [6, 6.07) is 0. The normalized spacial score (nSPS) is 8.82. The van der Waals surface area contributed by atoms with Crippen molar-refractivity contribution in [2.45, 2.75) is 0 Å². The fraction of sp³-hybridized carbons (Fsp3) is 0.500. The number of hydrogen-bond donors (Lipinski definition) is 2. The van der Waals surface area contributed by atoms with E-state index in [4.69, 9.17) is 0 Å². The highest BCUT2D eigenvalue weighted by atomic mass is 16.7. The predicted octanol–water partition coefficient (Wildman–Crippen LogP) is -1.53.